The van der Waals surface area contributed by atoms with E-state index in [-0.39, 0.29) is 11.8 Å². The average molecular weight is 253 g/mol. The van der Waals surface area contributed by atoms with E-state index in [1.165, 1.54) is 0 Å². The maximum absolute atomic E-state index is 12.2. The number of aryl methyl sites for hydroxylation is 2. The standard InChI is InChI=1S/C13H23N3O2/c1-5-16-10(3)13(9(2)15-16)12(17)8-11(14)6-7-18-4/h11H,5-8,14H2,1-4H3. The second kappa shape index (κ2) is 6.66. The summed E-state index contributed by atoms with van der Waals surface area (Å²) in [6.45, 7) is 7.17. The monoisotopic (exact) mass is 253 g/mol. The van der Waals surface area contributed by atoms with E-state index in [0.29, 0.717) is 19.4 Å². The van der Waals surface area contributed by atoms with Crippen molar-refractivity contribution in [2.75, 3.05) is 13.7 Å². The fourth-order valence-electron chi connectivity index (χ4n) is 2.12. The van der Waals surface area contributed by atoms with Crippen molar-refractivity contribution >= 4 is 5.78 Å². The molecular formula is C13H23N3O2. The summed E-state index contributed by atoms with van der Waals surface area (Å²) >= 11 is 0. The number of methoxy groups -OCH3 is 1. The molecule has 0 saturated carbocycles. The van der Waals surface area contributed by atoms with Crippen LogP contribution in [0.25, 0.3) is 0 Å². The van der Waals surface area contributed by atoms with E-state index in [4.69, 9.17) is 10.5 Å². The van der Waals surface area contributed by atoms with Gasteiger partial charge in [-0.25, -0.2) is 0 Å². The Morgan fingerprint density at radius 1 is 1.50 bits per heavy atom. The Morgan fingerprint density at radius 3 is 2.67 bits per heavy atom. The van der Waals surface area contributed by atoms with E-state index in [1.54, 1.807) is 7.11 Å². The highest BCUT2D eigenvalue weighted by Crippen LogP contribution is 2.16. The smallest absolute Gasteiger partial charge is 0.168 e. The molecule has 0 fully saturated rings. The summed E-state index contributed by atoms with van der Waals surface area (Å²) in [6, 6.07) is -0.152. The van der Waals surface area contributed by atoms with Gasteiger partial charge in [0.15, 0.2) is 5.78 Å². The molecule has 0 aliphatic carbocycles. The van der Waals surface area contributed by atoms with E-state index < -0.39 is 0 Å². The minimum atomic E-state index is -0.152. The molecule has 1 atom stereocenters. The van der Waals surface area contributed by atoms with Gasteiger partial charge in [0, 0.05) is 38.4 Å². The average Bonchev–Trinajstić information content (AvgIpc) is 2.61. The molecule has 0 amide bonds. The van der Waals surface area contributed by atoms with Gasteiger partial charge in [-0.15, -0.1) is 0 Å². The molecule has 0 bridgehead atoms. The summed E-state index contributed by atoms with van der Waals surface area (Å²) < 4.78 is 6.81. The second-order valence-corrected chi connectivity index (χ2v) is 4.53. The largest absolute Gasteiger partial charge is 0.385 e. The Kier molecular flexibility index (Phi) is 5.50. The number of Topliss-reactive ketones (excluding diaryl/α,β-unsaturated/α-hetero) is 1. The molecular weight excluding hydrogens is 230 g/mol. The first-order valence-electron chi connectivity index (χ1n) is 6.32. The fourth-order valence-corrected chi connectivity index (χ4v) is 2.12. The summed E-state index contributed by atoms with van der Waals surface area (Å²) in [4.78, 5) is 12.2. The van der Waals surface area contributed by atoms with Crippen molar-refractivity contribution in [2.24, 2.45) is 5.73 Å². The predicted molar refractivity (Wildman–Crippen MR) is 70.8 cm³/mol. The molecule has 1 heterocycles. The molecule has 1 unspecified atom stereocenters. The van der Waals surface area contributed by atoms with E-state index in [1.807, 2.05) is 25.5 Å². The Morgan fingerprint density at radius 2 is 2.17 bits per heavy atom. The van der Waals surface area contributed by atoms with Gasteiger partial charge in [0.05, 0.1) is 11.3 Å². The number of nitrogens with zero attached hydrogens (tertiary/aromatic N) is 2. The highest BCUT2D eigenvalue weighted by molar-refractivity contribution is 5.98. The van der Waals surface area contributed by atoms with Crippen molar-refractivity contribution in [3.05, 3.63) is 17.0 Å². The molecule has 0 aliphatic rings. The van der Waals surface area contributed by atoms with Crippen molar-refractivity contribution in [1.29, 1.82) is 0 Å². The molecule has 1 rings (SSSR count). The number of hydrogen-bond acceptors (Lipinski definition) is 4. The van der Waals surface area contributed by atoms with Crippen LogP contribution in [-0.4, -0.2) is 35.3 Å². The summed E-state index contributed by atoms with van der Waals surface area (Å²) in [5, 5.41) is 4.35. The van der Waals surface area contributed by atoms with E-state index in [9.17, 15) is 4.79 Å². The lowest BCUT2D eigenvalue weighted by Crippen LogP contribution is -2.25. The third-order valence-electron chi connectivity index (χ3n) is 3.10. The van der Waals surface area contributed by atoms with Crippen LogP contribution < -0.4 is 5.73 Å². The van der Waals surface area contributed by atoms with Crippen molar-refractivity contribution in [3.63, 3.8) is 0 Å². The van der Waals surface area contributed by atoms with Gasteiger partial charge in [0.2, 0.25) is 0 Å². The van der Waals surface area contributed by atoms with Crippen LogP contribution in [0.4, 0.5) is 0 Å². The first-order chi connectivity index (χ1) is 8.51. The third-order valence-corrected chi connectivity index (χ3v) is 3.10. The predicted octanol–water partition coefficient (Wildman–Crippen LogP) is 1.46. The van der Waals surface area contributed by atoms with Crippen LogP contribution in [0.2, 0.25) is 0 Å². The second-order valence-electron chi connectivity index (χ2n) is 4.53. The van der Waals surface area contributed by atoms with Gasteiger partial charge in [-0.05, 0) is 27.2 Å². The van der Waals surface area contributed by atoms with Crippen LogP contribution in [0.15, 0.2) is 0 Å². The quantitative estimate of drug-likeness (QED) is 0.747. The Labute approximate surface area is 108 Å². The summed E-state index contributed by atoms with van der Waals surface area (Å²) in [5.41, 5.74) is 8.36. The lowest BCUT2D eigenvalue weighted by Gasteiger charge is -2.10. The Bertz CT molecular complexity index is 413. The Hall–Kier alpha value is -1.20. The summed E-state index contributed by atoms with van der Waals surface area (Å²) in [6.07, 6.45) is 1.04. The molecule has 1 aromatic heterocycles. The zero-order valence-electron chi connectivity index (χ0n) is 11.7. The van der Waals surface area contributed by atoms with Gasteiger partial charge in [-0.1, -0.05) is 0 Å². The molecule has 2 N–H and O–H groups in total. The molecule has 5 nitrogen and oxygen atoms in total. The van der Waals surface area contributed by atoms with Crippen LogP contribution in [0.1, 0.15) is 41.5 Å². The van der Waals surface area contributed by atoms with Crippen LogP contribution in [0.3, 0.4) is 0 Å². The lowest BCUT2D eigenvalue weighted by atomic mass is 10.0. The van der Waals surface area contributed by atoms with Gasteiger partial charge in [-0.2, -0.15) is 5.10 Å². The molecule has 1 aromatic rings. The molecule has 102 valence electrons. The molecule has 18 heavy (non-hydrogen) atoms. The van der Waals surface area contributed by atoms with Crippen LogP contribution >= 0.6 is 0 Å². The first kappa shape index (κ1) is 14.9. The van der Waals surface area contributed by atoms with Crippen molar-refractivity contribution in [2.45, 2.75) is 46.2 Å². The number of hydrogen-bond donors (Lipinski definition) is 1. The zero-order chi connectivity index (χ0) is 13.7. The fraction of sp³-hybridized carbons (Fsp3) is 0.692. The topological polar surface area (TPSA) is 70.1 Å². The van der Waals surface area contributed by atoms with Crippen LogP contribution in [0.5, 0.6) is 0 Å². The number of carbonyl (C=O) groups is 1. The molecule has 0 spiro atoms. The van der Waals surface area contributed by atoms with Crippen molar-refractivity contribution in [3.8, 4) is 0 Å². The number of rotatable bonds is 7. The third kappa shape index (κ3) is 3.40. The first-order valence-corrected chi connectivity index (χ1v) is 6.32. The molecule has 0 saturated heterocycles. The lowest BCUT2D eigenvalue weighted by molar-refractivity contribution is 0.0965. The highest BCUT2D eigenvalue weighted by Gasteiger charge is 2.19. The van der Waals surface area contributed by atoms with Gasteiger partial charge in [-0.3, -0.25) is 9.48 Å². The van der Waals surface area contributed by atoms with E-state index >= 15 is 0 Å². The normalized spacial score (nSPS) is 12.7. The number of aromatic nitrogens is 2. The maximum atomic E-state index is 12.2. The number of ketones is 1. The minimum Gasteiger partial charge on any atom is -0.385 e. The van der Waals surface area contributed by atoms with Gasteiger partial charge in [0.1, 0.15) is 0 Å². The van der Waals surface area contributed by atoms with Crippen LogP contribution in [-0.2, 0) is 11.3 Å². The van der Waals surface area contributed by atoms with Gasteiger partial charge >= 0.3 is 0 Å². The SMILES string of the molecule is CCn1nc(C)c(C(=O)CC(N)CCOC)c1C. The summed E-state index contributed by atoms with van der Waals surface area (Å²) in [7, 11) is 1.63. The van der Waals surface area contributed by atoms with Gasteiger partial charge < -0.3 is 10.5 Å². The highest BCUT2D eigenvalue weighted by atomic mass is 16.5. The zero-order valence-corrected chi connectivity index (χ0v) is 11.7. The summed E-state index contributed by atoms with van der Waals surface area (Å²) in [5.74, 6) is 0.0771. The van der Waals surface area contributed by atoms with E-state index in [0.717, 1.165) is 23.5 Å². The number of ether oxygens (including phenoxy) is 1. The number of carbonyl (C=O) groups excluding carboxylic acids is 1. The molecule has 0 radical (unpaired) electrons. The van der Waals surface area contributed by atoms with Crippen LogP contribution in [0, 0.1) is 13.8 Å². The van der Waals surface area contributed by atoms with Crippen molar-refractivity contribution < 1.29 is 9.53 Å². The van der Waals surface area contributed by atoms with Gasteiger partial charge in [0.25, 0.3) is 0 Å². The minimum absolute atomic E-state index is 0.0771. The Balaban J connectivity index is 2.75. The maximum Gasteiger partial charge on any atom is 0.168 e. The number of nitrogens with two attached hydrogens (primary N) is 1. The molecule has 0 aliphatic heterocycles. The molecule has 0 aromatic carbocycles. The van der Waals surface area contributed by atoms with Crippen molar-refractivity contribution in [1.82, 2.24) is 9.78 Å². The molecule has 5 heteroatoms. The van der Waals surface area contributed by atoms with E-state index in [2.05, 4.69) is 5.10 Å².